The Hall–Kier alpha value is 0.660. The van der Waals surface area contributed by atoms with Crippen LogP contribution in [-0.4, -0.2) is 32.3 Å². The Morgan fingerprint density at radius 3 is 1.35 bits per heavy atom. The van der Waals surface area contributed by atoms with Gasteiger partial charge in [0, 0.05) is 0 Å². The van der Waals surface area contributed by atoms with Crippen molar-refractivity contribution in [1.82, 2.24) is 0 Å². The number of hydrogen-bond acceptors (Lipinski definition) is 4. The van der Waals surface area contributed by atoms with Crippen molar-refractivity contribution in [3.8, 4) is 0 Å². The second kappa shape index (κ2) is 17.5. The number of thioether (sulfide) groups is 1. The molecule has 3 N–H and O–H groups in total. The second-order valence-corrected chi connectivity index (χ2v) is 10.0. The van der Waals surface area contributed by atoms with Gasteiger partial charge in [-0.25, -0.2) is 0 Å². The molecule has 3 nitrogen and oxygen atoms in total. The summed E-state index contributed by atoms with van der Waals surface area (Å²) >= 11 is 1.72. The molecule has 0 fully saturated rings. The van der Waals surface area contributed by atoms with E-state index in [0.717, 1.165) is 5.75 Å². The molecule has 0 spiro atoms. The van der Waals surface area contributed by atoms with Gasteiger partial charge in [0.2, 0.25) is 0 Å². The van der Waals surface area contributed by atoms with Crippen LogP contribution in [0.3, 0.4) is 0 Å². The van der Waals surface area contributed by atoms with Crippen LogP contribution in [0.15, 0.2) is 0 Å². The van der Waals surface area contributed by atoms with Crippen LogP contribution in [0.5, 0.6) is 0 Å². The van der Waals surface area contributed by atoms with Gasteiger partial charge in [-0.05, 0) is 0 Å². The van der Waals surface area contributed by atoms with E-state index in [1.807, 2.05) is 0 Å². The van der Waals surface area contributed by atoms with Crippen LogP contribution in [0.2, 0.25) is 0 Å². The van der Waals surface area contributed by atoms with Crippen molar-refractivity contribution in [2.75, 3.05) is 17.7 Å². The minimum absolute atomic E-state index is 0.163. The van der Waals surface area contributed by atoms with Gasteiger partial charge in [0.1, 0.15) is 0 Å². The van der Waals surface area contributed by atoms with Gasteiger partial charge in [0.25, 0.3) is 0 Å². The minimum atomic E-state index is -3.79. The first-order chi connectivity index (χ1) is 11.1. The molecule has 0 aromatic heterocycles. The summed E-state index contributed by atoms with van der Waals surface area (Å²) in [6, 6.07) is 0. The van der Waals surface area contributed by atoms with Crippen molar-refractivity contribution in [3.05, 3.63) is 0 Å². The van der Waals surface area contributed by atoms with Gasteiger partial charge in [-0.1, -0.05) is 45.4 Å². The molecular weight excluding hydrogens is 327 g/mol. The summed E-state index contributed by atoms with van der Waals surface area (Å²) in [4.78, 5) is 26.6. The Bertz CT molecular complexity index is 235. The van der Waals surface area contributed by atoms with E-state index in [0.29, 0.717) is 5.75 Å². The zero-order chi connectivity index (χ0) is 17.2. The van der Waals surface area contributed by atoms with E-state index >= 15 is 0 Å². The van der Waals surface area contributed by atoms with Crippen molar-refractivity contribution >= 4 is 19.7 Å². The average molecular weight is 369 g/mol. The first-order valence-corrected chi connectivity index (χ1v) is 13.0. The Balaban J connectivity index is 3.00. The molecule has 0 aliphatic heterocycles. The molecule has 0 aromatic carbocycles. The van der Waals surface area contributed by atoms with Gasteiger partial charge in [0.05, 0.1) is 0 Å². The molecule has 0 aliphatic rings. The Morgan fingerprint density at radius 1 is 0.565 bits per heavy atom. The first kappa shape index (κ1) is 23.7. The van der Waals surface area contributed by atoms with Gasteiger partial charge in [0.15, 0.2) is 0 Å². The van der Waals surface area contributed by atoms with E-state index in [-0.39, 0.29) is 6.16 Å². The van der Waals surface area contributed by atoms with Crippen molar-refractivity contribution in [3.63, 3.8) is 0 Å². The first-order valence-electron chi connectivity index (χ1n) is 9.81. The molecule has 0 radical (unpaired) electrons. The zero-order valence-electron chi connectivity index (χ0n) is 15.3. The molecule has 0 heterocycles. The Kier molecular flexibility index (Phi) is 18.0. The summed E-state index contributed by atoms with van der Waals surface area (Å²) in [7, 11) is -3.79. The van der Waals surface area contributed by atoms with Gasteiger partial charge in [-0.3, -0.25) is 0 Å². The maximum absolute atomic E-state index is 8.88. The molecule has 0 amide bonds. The van der Waals surface area contributed by atoms with Crippen LogP contribution in [0, 0.1) is 0 Å². The Labute approximate surface area is 149 Å². The molecule has 0 atom stereocenters. The van der Waals surface area contributed by atoms with Crippen LogP contribution < -0.4 is 0 Å². The molecule has 142 valence electrons. The zero-order valence-corrected chi connectivity index (χ0v) is 17.1. The fraction of sp³-hybridized carbons (Fsp3) is 1.00. The van der Waals surface area contributed by atoms with Crippen LogP contribution in [0.25, 0.3) is 0 Å². The molecule has 0 aliphatic carbocycles. The Morgan fingerprint density at radius 2 is 0.957 bits per heavy atom. The molecule has 5 heteroatoms. The number of unbranched alkanes of at least 4 members (excludes halogenated alkanes) is 13. The average Bonchev–Trinajstić information content (AvgIpc) is 2.49. The van der Waals surface area contributed by atoms with Crippen LogP contribution in [0.1, 0.15) is 96.8 Å². The van der Waals surface area contributed by atoms with E-state index in [4.69, 9.17) is 14.7 Å². The van der Waals surface area contributed by atoms with E-state index in [1.165, 1.54) is 89.9 Å². The fourth-order valence-corrected chi connectivity index (χ4v) is 4.99. The standard InChI is InChI=1S/C18H41O3PS/c1-2-3-4-5-6-7-8-9-10-11-12-13-14-15-17-23-18-16-22(19,20)21/h19-22H,2-18H2,1H3. The predicted molar refractivity (Wildman–Crippen MR) is 107 cm³/mol. The van der Waals surface area contributed by atoms with E-state index in [9.17, 15) is 0 Å². The summed E-state index contributed by atoms with van der Waals surface area (Å²) in [6.45, 7) is 2.27. The summed E-state index contributed by atoms with van der Waals surface area (Å²) in [6.07, 6.45) is 19.5. The third kappa shape index (κ3) is 22.7. The van der Waals surface area contributed by atoms with Crippen LogP contribution in [0.4, 0.5) is 0 Å². The fourth-order valence-electron chi connectivity index (χ4n) is 2.71. The predicted octanol–water partition coefficient (Wildman–Crippen LogP) is 5.67. The molecule has 0 rings (SSSR count). The number of hydrogen-bond donors (Lipinski definition) is 3. The van der Waals surface area contributed by atoms with Crippen molar-refractivity contribution in [1.29, 1.82) is 0 Å². The molecule has 0 unspecified atom stereocenters. The summed E-state index contributed by atoms with van der Waals surface area (Å²) in [5.74, 6) is 1.73. The van der Waals surface area contributed by atoms with Gasteiger partial charge < -0.3 is 0 Å². The molecular formula is C18H41O3PS. The third-order valence-corrected chi connectivity index (χ3v) is 6.58. The third-order valence-electron chi connectivity index (χ3n) is 4.22. The van der Waals surface area contributed by atoms with E-state index < -0.39 is 7.94 Å². The SMILES string of the molecule is CCCCCCCCCCCCCCCCSCC[PH](O)(O)O. The quantitative estimate of drug-likeness (QED) is 0.215. The summed E-state index contributed by atoms with van der Waals surface area (Å²) < 4.78 is 0. The summed E-state index contributed by atoms with van der Waals surface area (Å²) in [5, 5.41) is 0. The van der Waals surface area contributed by atoms with Crippen molar-refractivity contribution < 1.29 is 14.7 Å². The molecule has 0 bridgehead atoms. The normalized spacial score (nSPS) is 12.7. The molecule has 0 saturated carbocycles. The van der Waals surface area contributed by atoms with Gasteiger partial charge >= 0.3 is 103 Å². The maximum atomic E-state index is 8.88. The van der Waals surface area contributed by atoms with Gasteiger partial charge in [-0.2, -0.15) is 0 Å². The molecule has 0 aromatic rings. The van der Waals surface area contributed by atoms with Crippen molar-refractivity contribution in [2.24, 2.45) is 0 Å². The summed E-state index contributed by atoms with van der Waals surface area (Å²) in [5.41, 5.74) is 0. The topological polar surface area (TPSA) is 60.7 Å². The van der Waals surface area contributed by atoms with Crippen molar-refractivity contribution in [2.45, 2.75) is 96.8 Å². The van der Waals surface area contributed by atoms with E-state index in [2.05, 4.69) is 6.92 Å². The molecule has 23 heavy (non-hydrogen) atoms. The number of rotatable bonds is 18. The molecule has 0 saturated heterocycles. The van der Waals surface area contributed by atoms with Crippen LogP contribution >= 0.6 is 19.7 Å². The van der Waals surface area contributed by atoms with Crippen LogP contribution in [-0.2, 0) is 0 Å². The monoisotopic (exact) mass is 368 g/mol. The second-order valence-electron chi connectivity index (χ2n) is 6.73. The van der Waals surface area contributed by atoms with Gasteiger partial charge in [-0.15, -0.1) is 0 Å². The van der Waals surface area contributed by atoms with E-state index in [1.54, 1.807) is 11.8 Å².